The van der Waals surface area contributed by atoms with E-state index in [9.17, 15) is 4.79 Å². The van der Waals surface area contributed by atoms with Crippen LogP contribution < -0.4 is 0 Å². The van der Waals surface area contributed by atoms with E-state index < -0.39 is 0 Å². The van der Waals surface area contributed by atoms with E-state index in [0.29, 0.717) is 13.1 Å². The molecular formula is C18H20N2OS. The number of rotatable bonds is 4. The molecule has 2 aromatic heterocycles. The monoisotopic (exact) mass is 312 g/mol. The zero-order chi connectivity index (χ0) is 15.7. The van der Waals surface area contributed by atoms with Crippen molar-refractivity contribution in [2.24, 2.45) is 0 Å². The van der Waals surface area contributed by atoms with Crippen molar-refractivity contribution in [1.29, 1.82) is 0 Å². The number of likely N-dealkylation sites (N-methyl/N-ethyl adjacent to an activating group) is 1. The van der Waals surface area contributed by atoms with Crippen molar-refractivity contribution in [1.82, 2.24) is 9.47 Å². The molecule has 1 aromatic carbocycles. The highest BCUT2D eigenvalue weighted by atomic mass is 32.1. The molecule has 3 nitrogen and oxygen atoms in total. The summed E-state index contributed by atoms with van der Waals surface area (Å²) in [5.74, 6) is 0.136. The van der Waals surface area contributed by atoms with Gasteiger partial charge in [-0.25, -0.2) is 0 Å². The SMILES string of the molecule is Cc1ccsc1CN(C)C(=O)Cn1c(C)cc2ccccc21. The van der Waals surface area contributed by atoms with Crippen LogP contribution in [0.5, 0.6) is 0 Å². The maximum atomic E-state index is 12.6. The van der Waals surface area contributed by atoms with E-state index in [2.05, 4.69) is 48.1 Å². The lowest BCUT2D eigenvalue weighted by molar-refractivity contribution is -0.130. The minimum atomic E-state index is 0.136. The number of hydrogen-bond donors (Lipinski definition) is 0. The molecule has 0 atom stereocenters. The van der Waals surface area contributed by atoms with Crippen molar-refractivity contribution in [3.63, 3.8) is 0 Å². The van der Waals surface area contributed by atoms with Crippen LogP contribution in [0.1, 0.15) is 16.1 Å². The predicted molar refractivity (Wildman–Crippen MR) is 92.2 cm³/mol. The van der Waals surface area contributed by atoms with Crippen molar-refractivity contribution in [2.75, 3.05) is 7.05 Å². The van der Waals surface area contributed by atoms with E-state index in [1.54, 1.807) is 11.3 Å². The molecular weight excluding hydrogens is 292 g/mol. The highest BCUT2D eigenvalue weighted by Crippen LogP contribution is 2.20. The Labute approximate surface area is 134 Å². The average molecular weight is 312 g/mol. The molecule has 0 aliphatic carbocycles. The summed E-state index contributed by atoms with van der Waals surface area (Å²) < 4.78 is 2.09. The molecule has 114 valence electrons. The number of thiophene rings is 1. The fourth-order valence-electron chi connectivity index (χ4n) is 2.68. The Balaban J connectivity index is 1.78. The van der Waals surface area contributed by atoms with Gasteiger partial charge in [0.25, 0.3) is 0 Å². The standard InChI is InChI=1S/C18H20N2OS/c1-13-8-9-22-17(13)11-19(3)18(21)12-20-14(2)10-15-6-4-5-7-16(15)20/h4-10H,11-12H2,1-3H3. The van der Waals surface area contributed by atoms with Gasteiger partial charge in [-0.1, -0.05) is 18.2 Å². The largest absolute Gasteiger partial charge is 0.339 e. The first-order valence-electron chi connectivity index (χ1n) is 7.38. The van der Waals surface area contributed by atoms with E-state index in [-0.39, 0.29) is 5.91 Å². The molecule has 0 N–H and O–H groups in total. The van der Waals surface area contributed by atoms with Crippen molar-refractivity contribution < 1.29 is 4.79 Å². The van der Waals surface area contributed by atoms with Crippen LogP contribution in [0.3, 0.4) is 0 Å². The van der Waals surface area contributed by atoms with Gasteiger partial charge in [0, 0.05) is 23.1 Å². The summed E-state index contributed by atoms with van der Waals surface area (Å²) >= 11 is 1.71. The molecule has 4 heteroatoms. The maximum absolute atomic E-state index is 12.6. The molecule has 0 aliphatic heterocycles. The normalized spacial score (nSPS) is 11.0. The van der Waals surface area contributed by atoms with Crippen molar-refractivity contribution in [2.45, 2.75) is 26.9 Å². The summed E-state index contributed by atoms with van der Waals surface area (Å²) in [5, 5.41) is 3.26. The average Bonchev–Trinajstić information content (AvgIpc) is 3.03. The molecule has 0 saturated carbocycles. The van der Waals surface area contributed by atoms with Crippen molar-refractivity contribution in [3.8, 4) is 0 Å². The number of amides is 1. The summed E-state index contributed by atoms with van der Waals surface area (Å²) in [4.78, 5) is 15.6. The van der Waals surface area contributed by atoms with Gasteiger partial charge in [-0.15, -0.1) is 11.3 Å². The molecule has 3 rings (SSSR count). The van der Waals surface area contributed by atoms with Crippen LogP contribution in [0.4, 0.5) is 0 Å². The number of para-hydroxylation sites is 1. The topological polar surface area (TPSA) is 25.2 Å². The third-order valence-electron chi connectivity index (χ3n) is 4.09. The van der Waals surface area contributed by atoms with Gasteiger partial charge in [-0.05, 0) is 48.4 Å². The second-order valence-corrected chi connectivity index (χ2v) is 6.71. The fraction of sp³-hybridized carbons (Fsp3) is 0.278. The summed E-state index contributed by atoms with van der Waals surface area (Å²) in [6, 6.07) is 12.4. The van der Waals surface area contributed by atoms with Gasteiger partial charge in [0.2, 0.25) is 5.91 Å². The third kappa shape index (κ3) is 2.79. The molecule has 1 amide bonds. The second-order valence-electron chi connectivity index (χ2n) is 5.71. The number of benzene rings is 1. The first kappa shape index (κ1) is 14.9. The molecule has 3 aromatic rings. The molecule has 0 unspecified atom stereocenters. The van der Waals surface area contributed by atoms with Gasteiger partial charge in [0.15, 0.2) is 0 Å². The van der Waals surface area contributed by atoms with E-state index >= 15 is 0 Å². The van der Waals surface area contributed by atoms with Gasteiger partial charge in [-0.2, -0.15) is 0 Å². The lowest BCUT2D eigenvalue weighted by Crippen LogP contribution is -2.29. The van der Waals surface area contributed by atoms with E-state index in [4.69, 9.17) is 0 Å². The van der Waals surface area contributed by atoms with Crippen LogP contribution in [-0.4, -0.2) is 22.4 Å². The van der Waals surface area contributed by atoms with Crippen LogP contribution in [0.25, 0.3) is 10.9 Å². The first-order chi connectivity index (χ1) is 10.6. The summed E-state index contributed by atoms with van der Waals surface area (Å²) in [6.07, 6.45) is 0. The second kappa shape index (κ2) is 5.97. The number of nitrogens with zero attached hydrogens (tertiary/aromatic N) is 2. The van der Waals surface area contributed by atoms with Crippen molar-refractivity contribution >= 4 is 28.1 Å². The van der Waals surface area contributed by atoms with Gasteiger partial charge >= 0.3 is 0 Å². The number of carbonyl (C=O) groups is 1. The quantitative estimate of drug-likeness (QED) is 0.715. The number of carbonyl (C=O) groups excluding carboxylic acids is 1. The maximum Gasteiger partial charge on any atom is 0.242 e. The predicted octanol–water partition coefficient (Wildman–Crippen LogP) is 3.98. The number of aromatic nitrogens is 1. The molecule has 22 heavy (non-hydrogen) atoms. The minimum Gasteiger partial charge on any atom is -0.339 e. The number of fused-ring (bicyclic) bond motifs is 1. The molecule has 0 fully saturated rings. The Hall–Kier alpha value is -2.07. The van der Waals surface area contributed by atoms with Crippen LogP contribution in [0.2, 0.25) is 0 Å². The molecule has 2 heterocycles. The molecule has 0 saturated heterocycles. The lowest BCUT2D eigenvalue weighted by atomic mass is 10.2. The van der Waals surface area contributed by atoms with Gasteiger partial charge in [-0.3, -0.25) is 4.79 Å². The molecule has 0 bridgehead atoms. The van der Waals surface area contributed by atoms with Gasteiger partial charge in [0.05, 0.1) is 6.54 Å². The Morgan fingerprint density at radius 2 is 2.00 bits per heavy atom. The fourth-order valence-corrected chi connectivity index (χ4v) is 3.64. The van der Waals surface area contributed by atoms with E-state index in [1.165, 1.54) is 15.8 Å². The summed E-state index contributed by atoms with van der Waals surface area (Å²) in [5.41, 5.74) is 3.50. The van der Waals surface area contributed by atoms with Crippen LogP contribution in [-0.2, 0) is 17.9 Å². The van der Waals surface area contributed by atoms with Crippen LogP contribution >= 0.6 is 11.3 Å². The summed E-state index contributed by atoms with van der Waals surface area (Å²) in [6.45, 7) is 5.21. The Morgan fingerprint density at radius 1 is 1.23 bits per heavy atom. The molecule has 0 radical (unpaired) electrons. The smallest absolute Gasteiger partial charge is 0.242 e. The van der Waals surface area contributed by atoms with Crippen LogP contribution in [0, 0.1) is 13.8 Å². The highest BCUT2D eigenvalue weighted by Gasteiger charge is 2.14. The van der Waals surface area contributed by atoms with Crippen LogP contribution in [0.15, 0.2) is 41.8 Å². The zero-order valence-electron chi connectivity index (χ0n) is 13.2. The van der Waals surface area contributed by atoms with Gasteiger partial charge in [0.1, 0.15) is 6.54 Å². The van der Waals surface area contributed by atoms with E-state index in [0.717, 1.165) is 11.2 Å². The lowest BCUT2D eigenvalue weighted by Gasteiger charge is -2.18. The molecule has 0 aliphatic rings. The minimum absolute atomic E-state index is 0.136. The van der Waals surface area contributed by atoms with E-state index in [1.807, 2.05) is 24.1 Å². The highest BCUT2D eigenvalue weighted by molar-refractivity contribution is 7.10. The Bertz CT molecular complexity index is 815. The number of aryl methyl sites for hydroxylation is 2. The first-order valence-corrected chi connectivity index (χ1v) is 8.26. The summed E-state index contributed by atoms with van der Waals surface area (Å²) in [7, 11) is 1.88. The third-order valence-corrected chi connectivity index (χ3v) is 5.09. The number of hydrogen-bond acceptors (Lipinski definition) is 2. The molecule has 0 spiro atoms. The zero-order valence-corrected chi connectivity index (χ0v) is 14.0. The Kier molecular flexibility index (Phi) is 4.03. The Morgan fingerprint density at radius 3 is 2.73 bits per heavy atom. The van der Waals surface area contributed by atoms with Crippen molar-refractivity contribution in [3.05, 3.63) is 57.9 Å². The van der Waals surface area contributed by atoms with Gasteiger partial charge < -0.3 is 9.47 Å².